The molecule has 0 aromatic heterocycles. The van der Waals surface area contributed by atoms with Crippen LogP contribution < -0.4 is 5.32 Å². The number of hydrogen-bond donors (Lipinski definition) is 1. The van der Waals surface area contributed by atoms with Crippen molar-refractivity contribution in [1.29, 1.82) is 0 Å². The van der Waals surface area contributed by atoms with Gasteiger partial charge in [0.05, 0.1) is 12.2 Å². The highest BCUT2D eigenvalue weighted by atomic mass is 14.9. The van der Waals surface area contributed by atoms with Crippen LogP contribution in [0, 0.1) is 0 Å². The molecule has 2 nitrogen and oxygen atoms in total. The third kappa shape index (κ3) is 4.36. The molecule has 1 N–H and O–H groups in total. The molecule has 0 atom stereocenters. The molecule has 0 saturated carbocycles. The highest BCUT2D eigenvalue weighted by Gasteiger charge is 2.37. The van der Waals surface area contributed by atoms with Crippen LogP contribution in [0.5, 0.6) is 0 Å². The van der Waals surface area contributed by atoms with Crippen LogP contribution in [0.4, 0.5) is 11.4 Å². The lowest BCUT2D eigenvalue weighted by Crippen LogP contribution is -2.15. The van der Waals surface area contributed by atoms with Crippen LogP contribution in [0.1, 0.15) is 36.1 Å². The number of fused-ring (bicyclic) bond motifs is 3. The highest BCUT2D eigenvalue weighted by molar-refractivity contribution is 5.98. The summed E-state index contributed by atoms with van der Waals surface area (Å²) in [5.41, 5.74) is 12.2. The fraction of sp³-hybridized carbons (Fsp3) is 0.114. The second-order valence-electron chi connectivity index (χ2n) is 10.2. The van der Waals surface area contributed by atoms with Gasteiger partial charge in [-0.1, -0.05) is 123 Å². The lowest BCUT2D eigenvalue weighted by atomic mass is 9.82. The standard InChI is InChI=1S/C35H30N2/c1-35(2)31-19-10-9-18-30(31)33-32(35)21-20-29(27-15-7-4-8-16-27)34(33)37-28-17-11-14-26(22-28)24-36-23-25-12-5-3-6-13-25/h3-23,37H,24H2,1-2H3/b36-23+. The Bertz CT molecular complexity index is 1580. The van der Waals surface area contributed by atoms with Crippen LogP contribution in [0.2, 0.25) is 0 Å². The summed E-state index contributed by atoms with van der Waals surface area (Å²) in [5.74, 6) is 0. The maximum atomic E-state index is 4.68. The highest BCUT2D eigenvalue weighted by Crippen LogP contribution is 2.54. The zero-order chi connectivity index (χ0) is 25.2. The van der Waals surface area contributed by atoms with E-state index in [-0.39, 0.29) is 5.41 Å². The predicted molar refractivity (Wildman–Crippen MR) is 157 cm³/mol. The van der Waals surface area contributed by atoms with Crippen molar-refractivity contribution >= 4 is 17.6 Å². The number of aliphatic imine (C=N–C) groups is 1. The SMILES string of the molecule is CC1(C)c2ccccc2-c2c1ccc(-c1ccccc1)c2Nc1cccc(C/N=C/c2ccccc2)c1. The first kappa shape index (κ1) is 23.0. The Morgan fingerprint density at radius 1 is 0.676 bits per heavy atom. The van der Waals surface area contributed by atoms with Gasteiger partial charge in [0.25, 0.3) is 0 Å². The number of anilines is 2. The Kier molecular flexibility index (Phi) is 5.94. The molecule has 0 heterocycles. The van der Waals surface area contributed by atoms with Crippen LogP contribution in [0.15, 0.2) is 126 Å². The minimum absolute atomic E-state index is 0.0500. The first-order valence-corrected chi connectivity index (χ1v) is 12.8. The molecule has 5 aromatic rings. The smallest absolute Gasteiger partial charge is 0.0640 e. The number of hydrogen-bond acceptors (Lipinski definition) is 2. The average molecular weight is 479 g/mol. The number of nitrogens with one attached hydrogen (secondary N) is 1. The Hall–Kier alpha value is -4.43. The molecule has 0 fully saturated rings. The predicted octanol–water partition coefficient (Wildman–Crippen LogP) is 9.02. The second-order valence-corrected chi connectivity index (χ2v) is 10.2. The van der Waals surface area contributed by atoms with Crippen molar-refractivity contribution in [3.63, 3.8) is 0 Å². The van der Waals surface area contributed by atoms with Gasteiger partial charge in [-0.2, -0.15) is 0 Å². The zero-order valence-electron chi connectivity index (χ0n) is 21.3. The fourth-order valence-electron chi connectivity index (χ4n) is 5.47. The van der Waals surface area contributed by atoms with Gasteiger partial charge in [-0.05, 0) is 45.5 Å². The average Bonchev–Trinajstić information content (AvgIpc) is 3.17. The summed E-state index contributed by atoms with van der Waals surface area (Å²) in [7, 11) is 0. The largest absolute Gasteiger partial charge is 0.354 e. The van der Waals surface area contributed by atoms with Crippen LogP contribution >= 0.6 is 0 Å². The first-order chi connectivity index (χ1) is 18.1. The lowest BCUT2D eigenvalue weighted by Gasteiger charge is -2.23. The van der Waals surface area contributed by atoms with Gasteiger partial charge in [-0.3, -0.25) is 4.99 Å². The van der Waals surface area contributed by atoms with Crippen molar-refractivity contribution in [2.45, 2.75) is 25.8 Å². The fourth-order valence-corrected chi connectivity index (χ4v) is 5.47. The summed E-state index contributed by atoms with van der Waals surface area (Å²) in [5, 5.41) is 3.85. The van der Waals surface area contributed by atoms with Gasteiger partial charge in [0.1, 0.15) is 0 Å². The van der Waals surface area contributed by atoms with E-state index in [4.69, 9.17) is 0 Å². The normalized spacial score (nSPS) is 13.4. The van der Waals surface area contributed by atoms with Crippen molar-refractivity contribution < 1.29 is 0 Å². The minimum atomic E-state index is -0.0500. The molecular formula is C35H30N2. The molecule has 5 aromatic carbocycles. The van der Waals surface area contributed by atoms with Crippen LogP contribution in [-0.2, 0) is 12.0 Å². The third-order valence-corrected chi connectivity index (χ3v) is 7.34. The van der Waals surface area contributed by atoms with E-state index in [0.717, 1.165) is 16.9 Å². The first-order valence-electron chi connectivity index (χ1n) is 12.8. The number of rotatable bonds is 6. The molecule has 0 amide bonds. The van der Waals surface area contributed by atoms with Crippen molar-refractivity contribution in [3.05, 3.63) is 144 Å². The summed E-state index contributed by atoms with van der Waals surface area (Å²) >= 11 is 0. The second kappa shape index (κ2) is 9.55. The quantitative estimate of drug-likeness (QED) is 0.242. The van der Waals surface area contributed by atoms with E-state index in [2.05, 4.69) is 127 Å². The van der Waals surface area contributed by atoms with Gasteiger partial charge in [0.15, 0.2) is 0 Å². The van der Waals surface area contributed by atoms with Crippen molar-refractivity contribution in [2.75, 3.05) is 5.32 Å². The molecule has 1 aliphatic carbocycles. The maximum absolute atomic E-state index is 4.68. The summed E-state index contributed by atoms with van der Waals surface area (Å²) in [4.78, 5) is 4.68. The van der Waals surface area contributed by atoms with E-state index in [9.17, 15) is 0 Å². The molecule has 0 aliphatic heterocycles. The van der Waals surface area contributed by atoms with E-state index < -0.39 is 0 Å². The Balaban J connectivity index is 1.42. The molecule has 0 unspecified atom stereocenters. The Morgan fingerprint density at radius 3 is 2.22 bits per heavy atom. The molecule has 6 rings (SSSR count). The Morgan fingerprint density at radius 2 is 1.41 bits per heavy atom. The van der Waals surface area contributed by atoms with Gasteiger partial charge < -0.3 is 5.32 Å². The number of nitrogens with zero attached hydrogens (tertiary/aromatic N) is 1. The molecule has 0 saturated heterocycles. The molecule has 0 radical (unpaired) electrons. The molecule has 180 valence electrons. The molecule has 0 spiro atoms. The third-order valence-electron chi connectivity index (χ3n) is 7.34. The van der Waals surface area contributed by atoms with Gasteiger partial charge >= 0.3 is 0 Å². The van der Waals surface area contributed by atoms with Crippen molar-refractivity contribution in [3.8, 4) is 22.3 Å². The van der Waals surface area contributed by atoms with Gasteiger partial charge in [0, 0.05) is 28.4 Å². The topological polar surface area (TPSA) is 24.4 Å². The summed E-state index contributed by atoms with van der Waals surface area (Å²) < 4.78 is 0. The van der Waals surface area contributed by atoms with E-state index in [1.54, 1.807) is 0 Å². The Labute approximate surface area is 219 Å². The van der Waals surface area contributed by atoms with Crippen molar-refractivity contribution in [1.82, 2.24) is 0 Å². The lowest BCUT2D eigenvalue weighted by molar-refractivity contribution is 0.660. The summed E-state index contributed by atoms with van der Waals surface area (Å²) in [6.45, 7) is 5.29. The van der Waals surface area contributed by atoms with E-state index in [0.29, 0.717) is 6.54 Å². The summed E-state index contributed by atoms with van der Waals surface area (Å²) in [6, 6.07) is 42.9. The minimum Gasteiger partial charge on any atom is -0.354 e. The van der Waals surface area contributed by atoms with Crippen molar-refractivity contribution in [2.24, 2.45) is 4.99 Å². The molecule has 0 bridgehead atoms. The molecule has 1 aliphatic rings. The van der Waals surface area contributed by atoms with E-state index >= 15 is 0 Å². The maximum Gasteiger partial charge on any atom is 0.0640 e. The van der Waals surface area contributed by atoms with Crippen LogP contribution in [0.25, 0.3) is 22.3 Å². The van der Waals surface area contributed by atoms with Crippen LogP contribution in [0.3, 0.4) is 0 Å². The van der Waals surface area contributed by atoms with Gasteiger partial charge in [0.2, 0.25) is 0 Å². The van der Waals surface area contributed by atoms with E-state index in [1.807, 2.05) is 24.4 Å². The summed E-state index contributed by atoms with van der Waals surface area (Å²) in [6.07, 6.45) is 1.94. The molecule has 2 heteroatoms. The molecular weight excluding hydrogens is 448 g/mol. The van der Waals surface area contributed by atoms with Gasteiger partial charge in [-0.15, -0.1) is 0 Å². The monoisotopic (exact) mass is 478 g/mol. The molecule has 37 heavy (non-hydrogen) atoms. The zero-order valence-corrected chi connectivity index (χ0v) is 21.3. The van der Waals surface area contributed by atoms with Crippen LogP contribution in [-0.4, -0.2) is 6.21 Å². The van der Waals surface area contributed by atoms with E-state index in [1.165, 1.54) is 38.9 Å². The number of benzene rings is 5. The van der Waals surface area contributed by atoms with Gasteiger partial charge in [-0.25, -0.2) is 0 Å².